The Kier molecular flexibility index (Phi) is 5.38. The Morgan fingerprint density at radius 1 is 1.33 bits per heavy atom. The Morgan fingerprint density at radius 2 is 2.15 bits per heavy atom. The number of hydrogen-bond acceptors (Lipinski definition) is 6. The van der Waals surface area contributed by atoms with Gasteiger partial charge in [-0.3, -0.25) is 20.2 Å². The van der Waals surface area contributed by atoms with Crippen molar-refractivity contribution < 1.29 is 14.3 Å². The largest absolute Gasteiger partial charge is 0.444 e. The first-order valence-electron chi connectivity index (χ1n) is 8.94. The van der Waals surface area contributed by atoms with Crippen LogP contribution >= 0.6 is 0 Å². The molecule has 0 bridgehead atoms. The minimum absolute atomic E-state index is 0.190. The molecule has 9 heteroatoms. The third kappa shape index (κ3) is 5.02. The maximum atomic E-state index is 12.6. The lowest BCUT2D eigenvalue weighted by Gasteiger charge is -2.33. The van der Waals surface area contributed by atoms with Crippen LogP contribution in [0.3, 0.4) is 0 Å². The van der Waals surface area contributed by atoms with Crippen molar-refractivity contribution in [2.24, 2.45) is 5.92 Å². The van der Waals surface area contributed by atoms with E-state index in [1.165, 1.54) is 0 Å². The summed E-state index contributed by atoms with van der Waals surface area (Å²) in [5.74, 6) is 0.123. The molecule has 0 spiro atoms. The van der Waals surface area contributed by atoms with Crippen LogP contribution in [0.15, 0.2) is 24.4 Å². The second-order valence-corrected chi connectivity index (χ2v) is 7.48. The lowest BCUT2D eigenvalue weighted by molar-refractivity contribution is -0.121. The minimum atomic E-state index is -0.562. The smallest absolute Gasteiger partial charge is 0.410 e. The van der Waals surface area contributed by atoms with E-state index in [9.17, 15) is 9.59 Å². The average molecular weight is 372 g/mol. The number of aromatic amines is 1. The molecule has 0 saturated carbocycles. The molecule has 2 N–H and O–H groups in total. The maximum absolute atomic E-state index is 12.6. The van der Waals surface area contributed by atoms with Crippen LogP contribution in [0, 0.1) is 5.92 Å². The minimum Gasteiger partial charge on any atom is -0.444 e. The molecule has 9 nitrogen and oxygen atoms in total. The number of carbonyl (C=O) groups is 2. The summed E-state index contributed by atoms with van der Waals surface area (Å²) in [5.41, 5.74) is 0.0758. The molecule has 0 radical (unpaired) electrons. The quantitative estimate of drug-likeness (QED) is 0.856. The van der Waals surface area contributed by atoms with Crippen molar-refractivity contribution in [1.29, 1.82) is 0 Å². The molecule has 3 heterocycles. The van der Waals surface area contributed by atoms with Crippen LogP contribution < -0.4 is 5.32 Å². The van der Waals surface area contributed by atoms with Crippen LogP contribution in [-0.4, -0.2) is 55.8 Å². The zero-order valence-corrected chi connectivity index (χ0v) is 15.7. The van der Waals surface area contributed by atoms with Crippen LogP contribution in [0.25, 0.3) is 11.5 Å². The van der Waals surface area contributed by atoms with E-state index in [2.05, 4.69) is 25.5 Å². The number of anilines is 1. The molecule has 144 valence electrons. The van der Waals surface area contributed by atoms with Crippen LogP contribution in [-0.2, 0) is 9.53 Å². The Labute approximate surface area is 157 Å². The van der Waals surface area contributed by atoms with E-state index in [1.807, 2.05) is 32.9 Å². The van der Waals surface area contributed by atoms with Gasteiger partial charge in [-0.15, -0.1) is 5.10 Å². The number of pyridine rings is 1. The fourth-order valence-corrected chi connectivity index (χ4v) is 2.83. The topological polar surface area (TPSA) is 113 Å². The van der Waals surface area contributed by atoms with E-state index < -0.39 is 11.7 Å². The predicted octanol–water partition coefficient (Wildman–Crippen LogP) is 2.45. The molecule has 1 aliphatic rings. The Morgan fingerprint density at radius 3 is 2.85 bits per heavy atom. The highest BCUT2D eigenvalue weighted by molar-refractivity contribution is 5.91. The van der Waals surface area contributed by atoms with Crippen LogP contribution in [0.1, 0.15) is 33.6 Å². The van der Waals surface area contributed by atoms with Crippen LogP contribution in [0.4, 0.5) is 10.7 Å². The molecule has 1 saturated heterocycles. The fraction of sp³-hybridized carbons (Fsp3) is 0.500. The molecular formula is C18H24N6O3. The molecule has 1 atom stereocenters. The number of rotatable bonds is 3. The number of hydrogen-bond donors (Lipinski definition) is 2. The van der Waals surface area contributed by atoms with Crippen LogP contribution in [0.2, 0.25) is 0 Å². The van der Waals surface area contributed by atoms with Gasteiger partial charge in [-0.1, -0.05) is 6.07 Å². The van der Waals surface area contributed by atoms with E-state index in [1.54, 1.807) is 17.2 Å². The number of carbonyl (C=O) groups excluding carboxylic acids is 2. The lowest BCUT2D eigenvalue weighted by atomic mass is 9.97. The van der Waals surface area contributed by atoms with Crippen LogP contribution in [0.5, 0.6) is 0 Å². The molecule has 1 fully saturated rings. The number of nitrogens with one attached hydrogen (secondary N) is 2. The first-order valence-corrected chi connectivity index (χ1v) is 8.94. The van der Waals surface area contributed by atoms with Crippen molar-refractivity contribution in [3.63, 3.8) is 0 Å². The molecule has 2 aromatic heterocycles. The van der Waals surface area contributed by atoms with E-state index >= 15 is 0 Å². The zero-order chi connectivity index (χ0) is 19.4. The van der Waals surface area contributed by atoms with E-state index in [0.717, 1.165) is 6.42 Å². The van der Waals surface area contributed by atoms with Gasteiger partial charge in [0.05, 0.1) is 5.92 Å². The average Bonchev–Trinajstić information content (AvgIpc) is 3.09. The predicted molar refractivity (Wildman–Crippen MR) is 98.8 cm³/mol. The van der Waals surface area contributed by atoms with Crippen molar-refractivity contribution in [1.82, 2.24) is 25.1 Å². The molecule has 0 aliphatic carbocycles. The van der Waals surface area contributed by atoms with Crippen molar-refractivity contribution in [3.05, 3.63) is 24.4 Å². The number of likely N-dealkylation sites (tertiary alicyclic amines) is 1. The summed E-state index contributed by atoms with van der Waals surface area (Å²) in [6.45, 7) is 6.37. The molecule has 1 aliphatic heterocycles. The number of ether oxygens (including phenoxy) is 1. The van der Waals surface area contributed by atoms with Gasteiger partial charge in [0.2, 0.25) is 11.9 Å². The summed E-state index contributed by atoms with van der Waals surface area (Å²) in [4.78, 5) is 34.8. The van der Waals surface area contributed by atoms with Gasteiger partial charge in [0.15, 0.2) is 5.82 Å². The Balaban J connectivity index is 1.59. The SMILES string of the molecule is CC(C)(C)OC(=O)N1CCCC(C(=O)Nc2n[nH]c(-c3ccccn3)n2)C1. The molecule has 27 heavy (non-hydrogen) atoms. The third-order valence-electron chi connectivity index (χ3n) is 4.07. The Bertz CT molecular complexity index is 799. The highest BCUT2D eigenvalue weighted by atomic mass is 16.6. The van der Waals surface area contributed by atoms with Crippen molar-refractivity contribution in [2.75, 3.05) is 18.4 Å². The second kappa shape index (κ2) is 7.73. The lowest BCUT2D eigenvalue weighted by Crippen LogP contribution is -2.45. The first kappa shape index (κ1) is 18.8. The van der Waals surface area contributed by atoms with Crippen molar-refractivity contribution in [2.45, 2.75) is 39.2 Å². The van der Waals surface area contributed by atoms with Gasteiger partial charge in [0.25, 0.3) is 0 Å². The maximum Gasteiger partial charge on any atom is 0.410 e. The number of aromatic nitrogens is 4. The highest BCUT2D eigenvalue weighted by Gasteiger charge is 2.31. The van der Waals surface area contributed by atoms with Crippen molar-refractivity contribution >= 4 is 17.9 Å². The number of amides is 2. The van der Waals surface area contributed by atoms with Gasteiger partial charge < -0.3 is 9.64 Å². The van der Waals surface area contributed by atoms with E-state index in [4.69, 9.17) is 4.74 Å². The summed E-state index contributed by atoms with van der Waals surface area (Å²) < 4.78 is 5.39. The summed E-state index contributed by atoms with van der Waals surface area (Å²) in [6.07, 6.45) is 2.70. The van der Waals surface area contributed by atoms with E-state index in [-0.39, 0.29) is 17.8 Å². The number of nitrogens with zero attached hydrogens (tertiary/aromatic N) is 4. The first-order chi connectivity index (χ1) is 12.8. The van der Waals surface area contributed by atoms with Gasteiger partial charge in [0, 0.05) is 19.3 Å². The molecule has 2 amide bonds. The monoisotopic (exact) mass is 372 g/mol. The molecule has 1 unspecified atom stereocenters. The molecular weight excluding hydrogens is 348 g/mol. The Hall–Kier alpha value is -2.97. The summed E-state index contributed by atoms with van der Waals surface area (Å²) >= 11 is 0. The van der Waals surface area contributed by atoms with Gasteiger partial charge >= 0.3 is 6.09 Å². The van der Waals surface area contributed by atoms with Gasteiger partial charge in [-0.2, -0.15) is 4.98 Å². The standard InChI is InChI=1S/C18H24N6O3/c1-18(2,3)27-17(26)24-10-6-7-12(11-24)15(25)21-16-20-14(22-23-16)13-8-4-5-9-19-13/h4-5,8-9,12H,6-7,10-11H2,1-3H3,(H2,20,21,22,23,25). The van der Waals surface area contributed by atoms with Gasteiger partial charge in [-0.25, -0.2) is 4.79 Å². The number of piperidine rings is 1. The number of H-pyrrole nitrogens is 1. The van der Waals surface area contributed by atoms with Gasteiger partial charge in [0.1, 0.15) is 11.3 Å². The fourth-order valence-electron chi connectivity index (χ4n) is 2.83. The summed E-state index contributed by atoms with van der Waals surface area (Å²) in [7, 11) is 0. The molecule has 2 aromatic rings. The van der Waals surface area contributed by atoms with Crippen molar-refractivity contribution in [3.8, 4) is 11.5 Å². The normalized spacial score (nSPS) is 17.4. The van der Waals surface area contributed by atoms with Gasteiger partial charge in [-0.05, 0) is 45.7 Å². The van der Waals surface area contributed by atoms with E-state index in [0.29, 0.717) is 31.0 Å². The third-order valence-corrected chi connectivity index (χ3v) is 4.07. The zero-order valence-electron chi connectivity index (χ0n) is 15.7. The molecule has 0 aromatic carbocycles. The molecule has 3 rings (SSSR count). The summed E-state index contributed by atoms with van der Waals surface area (Å²) in [5, 5.41) is 9.49. The second-order valence-electron chi connectivity index (χ2n) is 7.48. The highest BCUT2D eigenvalue weighted by Crippen LogP contribution is 2.21. The summed E-state index contributed by atoms with van der Waals surface area (Å²) in [6, 6.07) is 5.45.